The summed E-state index contributed by atoms with van der Waals surface area (Å²) in [6, 6.07) is -3.34. The molecule has 6 aliphatic rings. The van der Waals surface area contributed by atoms with Crippen molar-refractivity contribution in [3.63, 3.8) is 0 Å². The summed E-state index contributed by atoms with van der Waals surface area (Å²) >= 11 is 1.85. The highest BCUT2D eigenvalue weighted by molar-refractivity contribution is 8.00. The fourth-order valence-corrected chi connectivity index (χ4v) is 16.5. The van der Waals surface area contributed by atoms with Gasteiger partial charge in [0.25, 0.3) is 0 Å². The lowest BCUT2D eigenvalue weighted by molar-refractivity contribution is -0.270. The zero-order valence-electron chi connectivity index (χ0n) is 75.5. The number of thioether (sulfide) groups is 1. The SMILES string of the molecule is CC(=O)N[C@H]1[C@H](OCCCCC(=O)NCCCNC(=O)CCOCC(COCCC(=O)NCCCNC(=O)CCCCOC2O[C@H](CO)[C@H](O)[C@H](O)[C@H]2NC(C)=O)(COCCC(=O)NCCCNC(=O)CCCCOC2O[C@H](CO)[C@H](O)[C@H](O)[C@H]2NC(C)=O)NC(=O)CCC2CN(CCOCCOCCNC(=O)CCCC[C@@H]3SC[C@@H]4NC(=O)N[C@@H]43)NN2)O[C@H](CO)[C@H](O)[C@@H]1O. The van der Waals surface area contributed by atoms with Crippen molar-refractivity contribution in [3.8, 4) is 0 Å². The molecule has 0 aliphatic carbocycles. The molecule has 0 aromatic heterocycles. The summed E-state index contributed by atoms with van der Waals surface area (Å²) in [7, 11) is 0. The number of aliphatic hydroxyl groups is 9. The van der Waals surface area contributed by atoms with Crippen molar-refractivity contribution >= 4 is 82.8 Å². The van der Waals surface area contributed by atoms with Gasteiger partial charge in [-0.1, -0.05) is 6.42 Å². The molecule has 0 saturated carbocycles. The quantitative estimate of drug-likeness (QED) is 0.0199. The maximum absolute atomic E-state index is 14.3. The Bertz CT molecular complexity index is 3160. The van der Waals surface area contributed by atoms with Crippen LogP contribution in [0.3, 0.4) is 0 Å². The Kier molecular flexibility index (Phi) is 55.0. The van der Waals surface area contributed by atoms with Gasteiger partial charge in [-0.25, -0.2) is 15.2 Å². The number of hydrogen-bond acceptors (Lipinski definition) is 36. The molecular formula is C82H146N16O32S. The molecule has 0 radical (unpaired) electrons. The minimum atomic E-state index is -1.49. The molecule has 6 fully saturated rings. The van der Waals surface area contributed by atoms with Crippen LogP contribution in [0.1, 0.15) is 156 Å². The summed E-state index contributed by atoms with van der Waals surface area (Å²) in [5.74, 6) is -3.06. The molecule has 752 valence electrons. The average Bonchev–Trinajstić information content (AvgIpc) is 1.41. The number of fused-ring (bicyclic) bond motifs is 1. The molecular weight excluding hydrogens is 1750 g/mol. The number of carbonyl (C=O) groups is 12. The van der Waals surface area contributed by atoms with E-state index < -0.39 is 159 Å². The van der Waals surface area contributed by atoms with Crippen LogP contribution in [0.25, 0.3) is 0 Å². The topological polar surface area (TPSA) is 672 Å². The number of aliphatic hydroxyl groups excluding tert-OH is 9. The summed E-state index contributed by atoms with van der Waals surface area (Å²) in [6.45, 7) is 4.61. The minimum absolute atomic E-state index is 0.0151. The molecule has 3 unspecified atom stereocenters. The van der Waals surface area contributed by atoms with Crippen LogP contribution < -0.4 is 80.1 Å². The number of nitrogens with zero attached hydrogens (tertiary/aromatic N) is 1. The molecule has 19 atom stereocenters. The summed E-state index contributed by atoms with van der Waals surface area (Å²) < 4.78 is 63.8. The van der Waals surface area contributed by atoms with Gasteiger partial charge in [0.05, 0.1) is 98.0 Å². The van der Waals surface area contributed by atoms with E-state index in [0.717, 1.165) is 25.0 Å². The van der Waals surface area contributed by atoms with Crippen LogP contribution in [0, 0.1) is 0 Å². The second-order valence-corrected chi connectivity index (χ2v) is 34.3. The summed E-state index contributed by atoms with van der Waals surface area (Å²) in [5.41, 5.74) is 4.82. The first-order chi connectivity index (χ1) is 63.0. The summed E-state index contributed by atoms with van der Waals surface area (Å²) in [6.07, 6.45) is -9.07. The lowest BCUT2D eigenvalue weighted by Crippen LogP contribution is -2.64. The number of rotatable bonds is 69. The maximum Gasteiger partial charge on any atom is 0.315 e. The second kappa shape index (κ2) is 64.0. The predicted molar refractivity (Wildman–Crippen MR) is 464 cm³/mol. The van der Waals surface area contributed by atoms with Crippen LogP contribution in [-0.2, 0) is 105 Å². The molecule has 0 aromatic carbocycles. The van der Waals surface area contributed by atoms with E-state index in [4.69, 9.17) is 52.1 Å². The van der Waals surface area contributed by atoms with E-state index in [9.17, 15) is 103 Å². The Morgan fingerprint density at radius 3 is 1.15 bits per heavy atom. The molecule has 13 amide bonds. The first-order valence-corrected chi connectivity index (χ1v) is 46.6. The van der Waals surface area contributed by atoms with E-state index in [1.807, 2.05) is 16.8 Å². The van der Waals surface area contributed by atoms with Crippen LogP contribution in [0.2, 0.25) is 0 Å². The summed E-state index contributed by atoms with van der Waals surface area (Å²) in [4.78, 5) is 152. The van der Waals surface area contributed by atoms with Gasteiger partial charge < -0.3 is 167 Å². The number of urea groups is 1. The molecule has 0 spiro atoms. The number of nitrogens with one attached hydrogen (secondary N) is 15. The van der Waals surface area contributed by atoms with Gasteiger partial charge >= 0.3 is 6.03 Å². The molecule has 0 aromatic rings. The molecule has 0 bridgehead atoms. The maximum atomic E-state index is 14.3. The molecule has 48 nitrogen and oxygen atoms in total. The van der Waals surface area contributed by atoms with E-state index in [-0.39, 0.29) is 191 Å². The minimum Gasteiger partial charge on any atom is -0.394 e. The third-order valence-electron chi connectivity index (χ3n) is 22.1. The second-order valence-electron chi connectivity index (χ2n) is 33.1. The Morgan fingerprint density at radius 2 is 0.771 bits per heavy atom. The lowest BCUT2D eigenvalue weighted by atomic mass is 9.97. The van der Waals surface area contributed by atoms with E-state index in [1.54, 1.807) is 0 Å². The summed E-state index contributed by atoms with van der Waals surface area (Å²) in [5, 5.41) is 130. The van der Waals surface area contributed by atoms with Crippen LogP contribution >= 0.6 is 11.8 Å². The van der Waals surface area contributed by atoms with E-state index in [1.165, 1.54) is 20.8 Å². The zero-order chi connectivity index (χ0) is 95.3. The van der Waals surface area contributed by atoms with Gasteiger partial charge in [-0.2, -0.15) is 17.3 Å². The molecule has 6 aliphatic heterocycles. The van der Waals surface area contributed by atoms with Crippen LogP contribution in [0.4, 0.5) is 4.79 Å². The van der Waals surface area contributed by atoms with Crippen LogP contribution in [-0.4, -0.2) is 413 Å². The monoisotopic (exact) mass is 1900 g/mol. The Balaban J connectivity index is 0.966. The number of carbonyl (C=O) groups excluding carboxylic acids is 12. The van der Waals surface area contributed by atoms with Gasteiger partial charge in [-0.15, -0.1) is 0 Å². The van der Waals surface area contributed by atoms with Crippen molar-refractivity contribution in [2.45, 2.75) is 276 Å². The van der Waals surface area contributed by atoms with Crippen molar-refractivity contribution in [1.82, 2.24) is 85.1 Å². The lowest BCUT2D eigenvalue weighted by Gasteiger charge is -2.42. The highest BCUT2D eigenvalue weighted by Crippen LogP contribution is 2.34. The van der Waals surface area contributed by atoms with Gasteiger partial charge in [0.15, 0.2) is 18.9 Å². The number of amides is 13. The van der Waals surface area contributed by atoms with E-state index in [2.05, 4.69) is 80.1 Å². The number of hydrogen-bond donors (Lipinski definition) is 24. The van der Waals surface area contributed by atoms with Gasteiger partial charge in [0.1, 0.15) is 78.6 Å². The van der Waals surface area contributed by atoms with Crippen molar-refractivity contribution in [2.75, 3.05) is 170 Å². The Morgan fingerprint density at radius 1 is 0.405 bits per heavy atom. The first-order valence-electron chi connectivity index (χ1n) is 45.6. The smallest absolute Gasteiger partial charge is 0.315 e. The van der Waals surface area contributed by atoms with Gasteiger partial charge in [0, 0.05) is 168 Å². The van der Waals surface area contributed by atoms with Crippen molar-refractivity contribution < 1.29 is 156 Å². The number of hydrazine groups is 2. The van der Waals surface area contributed by atoms with Crippen molar-refractivity contribution in [1.29, 1.82) is 0 Å². The van der Waals surface area contributed by atoms with Gasteiger partial charge in [0.2, 0.25) is 65.0 Å². The van der Waals surface area contributed by atoms with Crippen molar-refractivity contribution in [3.05, 3.63) is 0 Å². The molecule has 6 heterocycles. The number of ether oxygens (including phenoxy) is 11. The van der Waals surface area contributed by atoms with Gasteiger partial charge in [-0.05, 0) is 77.0 Å². The Hall–Kier alpha value is -7.13. The van der Waals surface area contributed by atoms with E-state index >= 15 is 0 Å². The number of unbranched alkanes of at least 4 members (excludes halogenated alkanes) is 4. The van der Waals surface area contributed by atoms with Crippen LogP contribution in [0.5, 0.6) is 0 Å². The molecule has 131 heavy (non-hydrogen) atoms. The molecule has 6 rings (SSSR count). The van der Waals surface area contributed by atoms with Crippen molar-refractivity contribution in [2.24, 2.45) is 0 Å². The third kappa shape index (κ3) is 44.0. The first kappa shape index (κ1) is 113. The predicted octanol–water partition coefficient (Wildman–Crippen LogP) is -8.33. The van der Waals surface area contributed by atoms with Gasteiger partial charge in [-0.3, -0.25) is 52.7 Å². The fraction of sp³-hybridized carbons (Fsp3) is 0.854. The van der Waals surface area contributed by atoms with Crippen LogP contribution in [0.15, 0.2) is 0 Å². The average molecular weight is 1900 g/mol. The van der Waals surface area contributed by atoms with E-state index in [0.29, 0.717) is 122 Å². The molecule has 24 N–H and O–H groups in total. The highest BCUT2D eigenvalue weighted by atomic mass is 32.2. The Labute approximate surface area is 767 Å². The largest absolute Gasteiger partial charge is 0.394 e. The molecule has 49 heteroatoms. The highest BCUT2D eigenvalue weighted by Gasteiger charge is 2.49. The molecule has 6 saturated heterocycles. The fourth-order valence-electron chi connectivity index (χ4n) is 14.9. The standard InChI is InChI=1S/C82H146N16O32S/c1-51(102)90-69-75(116)72(113)56(44-99)128-78(69)125-33-9-6-17-60(105)83-25-12-28-86-64(109)22-36-122-48-82(49-123-37-23-65(110)87-29-13-26-84-61(106)18-7-10-34-126-79-70(91-52(2)103)76(117)73(114)57(45-100)129-79,50-124-38-24-66(111)88-30-14-27-85-62(107)19-8-11-35-127-80-71(92-53(3)104)77(118)74(115)58(46-101)130-80)95-67(112)21-20-54-43-98(97-96-54)32-40-121-42-41-120-39-31-89-63(108)16-5-4-15-59-68-55(47-131-59)93-81(119)94-68/h54-59,68-80,96-97,99-101,113-118H,4-50H2,1-3H3,(H,83,105)(H,84,106)(H,85,107)(H,86,109)(H,87,110)(H,88,111)(H,89,108)(H,90,102)(H,91,103)(H,92,104)(H,95,112)(H2,93,94,119)/t54?,55-,56+,57+,58+,59-,68-,69+,70+,71+,72-,73-,74-,75+,76+,77+,78+,79?,80?,82?/m0/s1. The zero-order valence-corrected chi connectivity index (χ0v) is 76.3. The normalized spacial score (nSPS) is 26.3. The third-order valence-corrected chi connectivity index (χ3v) is 23.6.